The Kier molecular flexibility index (Phi) is 13.0. The maximum absolute atomic E-state index is 13.3. The third-order valence-electron chi connectivity index (χ3n) is 7.92. The fourth-order valence-electron chi connectivity index (χ4n) is 5.42. The van der Waals surface area contributed by atoms with Crippen LogP contribution >= 0.6 is 0 Å². The summed E-state index contributed by atoms with van der Waals surface area (Å²) >= 11 is 0. The number of rotatable bonds is 16. The summed E-state index contributed by atoms with van der Waals surface area (Å²) in [5, 5.41) is 3.61. The molecule has 0 unspecified atom stereocenters. The molecule has 11 nitrogen and oxygen atoms in total. The summed E-state index contributed by atoms with van der Waals surface area (Å²) < 4.78 is 43.0. The first kappa shape index (κ1) is 34.6. The number of carbonyl (C=O) groups is 1. The van der Waals surface area contributed by atoms with Crippen molar-refractivity contribution < 1.29 is 38.0 Å². The molecule has 11 heteroatoms. The SMILES string of the molecule is COc1ccc(CO[C@H]2[C@H](OC)O[C@H](COC(=O)c3ccccc3CN=[N+]=[N-])[C@@H](OCc3ccccc3)[C@@H]2OCc2ccccc2)cc1. The van der Waals surface area contributed by atoms with Crippen LogP contribution in [0.15, 0.2) is 114 Å². The van der Waals surface area contributed by atoms with Gasteiger partial charge in [-0.3, -0.25) is 0 Å². The third kappa shape index (κ3) is 9.42. The van der Waals surface area contributed by atoms with Crippen molar-refractivity contribution in [3.63, 3.8) is 0 Å². The van der Waals surface area contributed by atoms with E-state index < -0.39 is 36.7 Å². The van der Waals surface area contributed by atoms with Gasteiger partial charge in [-0.05, 0) is 46.0 Å². The molecule has 5 atom stereocenters. The van der Waals surface area contributed by atoms with Crippen LogP contribution in [0.3, 0.4) is 0 Å². The van der Waals surface area contributed by atoms with E-state index in [2.05, 4.69) is 10.0 Å². The van der Waals surface area contributed by atoms with Gasteiger partial charge >= 0.3 is 5.97 Å². The van der Waals surface area contributed by atoms with Gasteiger partial charge in [0.25, 0.3) is 0 Å². The van der Waals surface area contributed by atoms with Gasteiger partial charge in [-0.15, -0.1) is 0 Å². The molecule has 0 aliphatic carbocycles. The smallest absolute Gasteiger partial charge is 0.338 e. The Labute approximate surface area is 279 Å². The van der Waals surface area contributed by atoms with Crippen LogP contribution in [0.2, 0.25) is 0 Å². The van der Waals surface area contributed by atoms with E-state index in [-0.39, 0.29) is 33.0 Å². The second-order valence-corrected chi connectivity index (χ2v) is 11.1. The van der Waals surface area contributed by atoms with Crippen LogP contribution in [0.4, 0.5) is 0 Å². The van der Waals surface area contributed by atoms with E-state index in [4.69, 9.17) is 38.7 Å². The predicted molar refractivity (Wildman–Crippen MR) is 177 cm³/mol. The topological polar surface area (TPSA) is 130 Å². The largest absolute Gasteiger partial charge is 0.497 e. The Morgan fingerprint density at radius 1 is 0.729 bits per heavy atom. The summed E-state index contributed by atoms with van der Waals surface area (Å²) in [6.45, 7) is 0.622. The third-order valence-corrected chi connectivity index (χ3v) is 7.92. The minimum absolute atomic E-state index is 0.0128. The Morgan fingerprint density at radius 2 is 1.29 bits per heavy atom. The highest BCUT2D eigenvalue weighted by Gasteiger charge is 2.49. The van der Waals surface area contributed by atoms with E-state index in [1.807, 2.05) is 84.9 Å². The van der Waals surface area contributed by atoms with Gasteiger partial charge in [-0.1, -0.05) is 96.1 Å². The Balaban J connectivity index is 1.42. The van der Waals surface area contributed by atoms with Gasteiger partial charge in [-0.2, -0.15) is 0 Å². The lowest BCUT2D eigenvalue weighted by atomic mass is 9.97. The summed E-state index contributed by atoms with van der Waals surface area (Å²) in [5.41, 5.74) is 12.5. The second kappa shape index (κ2) is 18.0. The summed E-state index contributed by atoms with van der Waals surface area (Å²) in [6, 6.07) is 34.0. The molecule has 1 heterocycles. The number of methoxy groups -OCH3 is 2. The molecule has 0 aromatic heterocycles. The molecule has 5 rings (SSSR count). The van der Waals surface area contributed by atoms with Crippen molar-refractivity contribution in [2.24, 2.45) is 5.11 Å². The molecule has 48 heavy (non-hydrogen) atoms. The van der Waals surface area contributed by atoms with Crippen LogP contribution in [-0.4, -0.2) is 57.5 Å². The summed E-state index contributed by atoms with van der Waals surface area (Å²) in [4.78, 5) is 16.1. The molecular formula is C37H39N3O8. The molecule has 0 saturated carbocycles. The van der Waals surface area contributed by atoms with E-state index in [0.717, 1.165) is 22.4 Å². The first-order valence-electron chi connectivity index (χ1n) is 15.6. The lowest BCUT2D eigenvalue weighted by Crippen LogP contribution is -2.61. The molecule has 1 aliphatic heterocycles. The van der Waals surface area contributed by atoms with E-state index in [0.29, 0.717) is 11.1 Å². The van der Waals surface area contributed by atoms with Crippen LogP contribution < -0.4 is 4.74 Å². The number of ether oxygens (including phenoxy) is 7. The molecule has 1 aliphatic rings. The van der Waals surface area contributed by atoms with Crippen LogP contribution in [0.5, 0.6) is 5.75 Å². The minimum Gasteiger partial charge on any atom is -0.497 e. The van der Waals surface area contributed by atoms with Crippen molar-refractivity contribution in [1.29, 1.82) is 0 Å². The number of benzene rings is 4. The quantitative estimate of drug-likeness (QED) is 0.0559. The predicted octanol–water partition coefficient (Wildman–Crippen LogP) is 6.79. The molecular weight excluding hydrogens is 614 g/mol. The molecule has 0 radical (unpaired) electrons. The summed E-state index contributed by atoms with van der Waals surface area (Å²) in [6.07, 6.45) is -3.78. The van der Waals surface area contributed by atoms with Gasteiger partial charge in [-0.25, -0.2) is 4.79 Å². The highest BCUT2D eigenvalue weighted by atomic mass is 16.7. The standard InChI is InChI=1S/C37H39N3O8/c1-42-30-19-17-28(18-20-30)24-46-35-34(45-23-27-13-7-4-8-14-27)33(44-22-26-11-5-3-6-12-26)32(48-37(35)43-2)25-47-36(41)31-16-10-9-15-29(31)21-39-40-38/h3-20,32-35,37H,21-25H2,1-2H3/t32-,33-,34+,35-,37-/m1/s1. The first-order valence-corrected chi connectivity index (χ1v) is 15.6. The van der Waals surface area contributed by atoms with Crippen LogP contribution in [0, 0.1) is 0 Å². The van der Waals surface area contributed by atoms with E-state index >= 15 is 0 Å². The van der Waals surface area contributed by atoms with Crippen molar-refractivity contribution >= 4 is 5.97 Å². The van der Waals surface area contributed by atoms with Crippen LogP contribution in [0.25, 0.3) is 10.4 Å². The molecule has 1 saturated heterocycles. The number of hydrogen-bond acceptors (Lipinski definition) is 9. The minimum atomic E-state index is -0.874. The maximum atomic E-state index is 13.3. The van der Waals surface area contributed by atoms with E-state index in [1.165, 1.54) is 7.11 Å². The summed E-state index contributed by atoms with van der Waals surface area (Å²) in [7, 11) is 3.15. The van der Waals surface area contributed by atoms with E-state index in [1.54, 1.807) is 31.4 Å². The van der Waals surface area contributed by atoms with Gasteiger partial charge < -0.3 is 33.2 Å². The fourth-order valence-corrected chi connectivity index (χ4v) is 5.42. The van der Waals surface area contributed by atoms with Crippen LogP contribution in [0.1, 0.15) is 32.6 Å². The number of carbonyl (C=O) groups excluding carboxylic acids is 1. The van der Waals surface area contributed by atoms with Gasteiger partial charge in [0.15, 0.2) is 6.29 Å². The average molecular weight is 654 g/mol. The second-order valence-electron chi connectivity index (χ2n) is 11.1. The molecule has 0 N–H and O–H groups in total. The summed E-state index contributed by atoms with van der Waals surface area (Å²) in [5.74, 6) is 0.156. The number of esters is 1. The molecule has 0 amide bonds. The normalized spacial score (nSPS) is 20.4. The molecule has 0 bridgehead atoms. The Morgan fingerprint density at radius 3 is 1.90 bits per heavy atom. The zero-order valence-corrected chi connectivity index (χ0v) is 26.9. The Hall–Kier alpha value is -4.74. The van der Waals surface area contributed by atoms with Crippen LogP contribution in [-0.2, 0) is 54.8 Å². The van der Waals surface area contributed by atoms with Crippen molar-refractivity contribution in [1.82, 2.24) is 0 Å². The van der Waals surface area contributed by atoms with Crippen molar-refractivity contribution in [2.75, 3.05) is 20.8 Å². The van der Waals surface area contributed by atoms with Crippen molar-refractivity contribution in [3.05, 3.63) is 147 Å². The first-order chi connectivity index (χ1) is 23.6. The van der Waals surface area contributed by atoms with Gasteiger partial charge in [0.05, 0.1) is 39.0 Å². The molecule has 1 fully saturated rings. The lowest BCUT2D eigenvalue weighted by Gasteiger charge is -2.45. The van der Waals surface area contributed by atoms with E-state index in [9.17, 15) is 4.79 Å². The highest BCUT2D eigenvalue weighted by molar-refractivity contribution is 5.91. The van der Waals surface area contributed by atoms with Gasteiger partial charge in [0.1, 0.15) is 36.8 Å². The monoisotopic (exact) mass is 653 g/mol. The zero-order chi connectivity index (χ0) is 33.6. The number of hydrogen-bond donors (Lipinski definition) is 0. The molecule has 4 aromatic rings. The van der Waals surface area contributed by atoms with Crippen molar-refractivity contribution in [2.45, 2.75) is 57.1 Å². The van der Waals surface area contributed by atoms with Gasteiger partial charge in [0.2, 0.25) is 0 Å². The lowest BCUT2D eigenvalue weighted by molar-refractivity contribution is -0.321. The van der Waals surface area contributed by atoms with Gasteiger partial charge in [0, 0.05) is 12.0 Å². The molecule has 4 aromatic carbocycles. The van der Waals surface area contributed by atoms with Crippen molar-refractivity contribution in [3.8, 4) is 5.75 Å². The average Bonchev–Trinajstić information content (AvgIpc) is 3.14. The molecule has 250 valence electrons. The highest BCUT2D eigenvalue weighted by Crippen LogP contribution is 2.31. The maximum Gasteiger partial charge on any atom is 0.338 e. The Bertz CT molecular complexity index is 1620. The fraction of sp³-hybridized carbons (Fsp3) is 0.324. The zero-order valence-electron chi connectivity index (χ0n) is 26.9. The molecule has 0 spiro atoms. The number of nitrogens with zero attached hydrogens (tertiary/aromatic N) is 3. The number of azide groups is 1.